The van der Waals surface area contributed by atoms with E-state index >= 15 is 0 Å². The van der Waals surface area contributed by atoms with Crippen LogP contribution in [0, 0.1) is 0 Å². The number of hydrogen-bond acceptors (Lipinski definition) is 9. The van der Waals surface area contributed by atoms with Crippen molar-refractivity contribution in [1.82, 2.24) is 34.4 Å². The van der Waals surface area contributed by atoms with Gasteiger partial charge in [-0.25, -0.2) is 19.9 Å². The van der Waals surface area contributed by atoms with Crippen LogP contribution in [0.4, 0.5) is 11.8 Å². The average Bonchev–Trinajstić information content (AvgIpc) is 3.51. The molecule has 5 N–H and O–H groups in total. The standard InChI is InChI=1S/C29H43N9O2/c1-18(2)37(11-7-6-10-31-28-35-21-9-8-19(29(3,4)5)12-22(21)36-28)14-20-13-24(39)23(15-40-20)38-17-34-25-26(30)32-16-33-27(25)38/h8-9,12,16-18,20,23-24,39H,6-7,10-11,13-15H2,1-5H3,(H2,30,32,33)(H2,31,35,36)/t20-,23?,24+/m0/s1. The molecule has 11 heteroatoms. The Morgan fingerprint density at radius 2 is 2.05 bits per heavy atom. The minimum Gasteiger partial charge on any atom is -0.391 e. The fourth-order valence-corrected chi connectivity index (χ4v) is 5.37. The zero-order chi connectivity index (χ0) is 28.4. The molecule has 0 bridgehead atoms. The summed E-state index contributed by atoms with van der Waals surface area (Å²) in [7, 11) is 0. The van der Waals surface area contributed by atoms with Crippen molar-refractivity contribution in [1.29, 1.82) is 0 Å². The van der Waals surface area contributed by atoms with Gasteiger partial charge in [0.2, 0.25) is 5.95 Å². The molecule has 11 nitrogen and oxygen atoms in total. The van der Waals surface area contributed by atoms with Crippen LogP contribution < -0.4 is 11.1 Å². The normalized spacial score (nSPS) is 20.2. The lowest BCUT2D eigenvalue weighted by Crippen LogP contribution is -2.46. The molecule has 216 valence electrons. The molecule has 40 heavy (non-hydrogen) atoms. The molecule has 3 aromatic heterocycles. The highest BCUT2D eigenvalue weighted by Gasteiger charge is 2.33. The molecule has 1 unspecified atom stereocenters. The zero-order valence-electron chi connectivity index (χ0n) is 24.3. The fourth-order valence-electron chi connectivity index (χ4n) is 5.37. The van der Waals surface area contributed by atoms with E-state index < -0.39 is 6.10 Å². The summed E-state index contributed by atoms with van der Waals surface area (Å²) in [6.07, 6.45) is 5.13. The number of benzene rings is 1. The van der Waals surface area contributed by atoms with Gasteiger partial charge in [-0.05, 0) is 56.3 Å². The van der Waals surface area contributed by atoms with Crippen molar-refractivity contribution in [3.05, 3.63) is 36.4 Å². The Bertz CT molecular complexity index is 1420. The Morgan fingerprint density at radius 1 is 1.23 bits per heavy atom. The van der Waals surface area contributed by atoms with Gasteiger partial charge in [-0.1, -0.05) is 26.8 Å². The van der Waals surface area contributed by atoms with Crippen LogP contribution in [0.3, 0.4) is 0 Å². The van der Waals surface area contributed by atoms with E-state index in [1.54, 1.807) is 6.33 Å². The minimum atomic E-state index is -0.561. The summed E-state index contributed by atoms with van der Waals surface area (Å²) in [5.74, 6) is 1.16. The van der Waals surface area contributed by atoms with E-state index in [1.807, 2.05) is 4.57 Å². The number of nitrogens with one attached hydrogen (secondary N) is 2. The maximum absolute atomic E-state index is 11.0. The number of ether oxygens (including phenoxy) is 1. The molecule has 4 aromatic rings. The highest BCUT2D eigenvalue weighted by atomic mass is 16.5. The highest BCUT2D eigenvalue weighted by Crippen LogP contribution is 2.29. The van der Waals surface area contributed by atoms with E-state index in [4.69, 9.17) is 15.5 Å². The number of unbranched alkanes of at least 4 members (excludes halogenated alkanes) is 1. The van der Waals surface area contributed by atoms with Crippen LogP contribution in [0.15, 0.2) is 30.9 Å². The summed E-state index contributed by atoms with van der Waals surface area (Å²) in [6.45, 7) is 14.1. The average molecular weight is 550 g/mol. The van der Waals surface area contributed by atoms with Crippen LogP contribution in [0.5, 0.6) is 0 Å². The maximum atomic E-state index is 11.0. The van der Waals surface area contributed by atoms with E-state index in [9.17, 15) is 5.11 Å². The van der Waals surface area contributed by atoms with Crippen LogP contribution in [0.2, 0.25) is 0 Å². The molecule has 4 heterocycles. The summed E-state index contributed by atoms with van der Waals surface area (Å²) >= 11 is 0. The smallest absolute Gasteiger partial charge is 0.201 e. The molecule has 1 aliphatic rings. The van der Waals surface area contributed by atoms with Gasteiger partial charge in [0.25, 0.3) is 0 Å². The lowest BCUT2D eigenvalue weighted by atomic mass is 9.87. The summed E-state index contributed by atoms with van der Waals surface area (Å²) in [5.41, 5.74) is 10.5. The quantitative estimate of drug-likeness (QED) is 0.217. The van der Waals surface area contributed by atoms with Crippen molar-refractivity contribution in [2.45, 2.75) is 83.6 Å². The number of aliphatic hydroxyl groups excluding tert-OH is 1. The monoisotopic (exact) mass is 549 g/mol. The fraction of sp³-hybridized carbons (Fsp3) is 0.586. The summed E-state index contributed by atoms with van der Waals surface area (Å²) in [5, 5.41) is 14.5. The second kappa shape index (κ2) is 11.7. The van der Waals surface area contributed by atoms with Crippen LogP contribution in [-0.4, -0.2) is 84.0 Å². The third-order valence-electron chi connectivity index (χ3n) is 7.88. The van der Waals surface area contributed by atoms with E-state index in [2.05, 4.69) is 83.0 Å². The number of hydrogen-bond donors (Lipinski definition) is 4. The van der Waals surface area contributed by atoms with Gasteiger partial charge in [0.1, 0.15) is 11.8 Å². The van der Waals surface area contributed by atoms with Gasteiger partial charge in [0.15, 0.2) is 11.5 Å². The Labute approximate surface area is 235 Å². The van der Waals surface area contributed by atoms with Gasteiger partial charge < -0.3 is 30.4 Å². The third kappa shape index (κ3) is 6.21. The number of aromatic nitrogens is 6. The Balaban J connectivity index is 1.08. The molecule has 0 amide bonds. The van der Waals surface area contributed by atoms with Crippen LogP contribution >= 0.6 is 0 Å². The second-order valence-electron chi connectivity index (χ2n) is 12.2. The van der Waals surface area contributed by atoms with Crippen LogP contribution in [0.25, 0.3) is 22.2 Å². The van der Waals surface area contributed by atoms with Crippen molar-refractivity contribution in [2.24, 2.45) is 0 Å². The number of rotatable bonds is 10. The largest absolute Gasteiger partial charge is 0.391 e. The molecule has 3 atom stereocenters. The number of nitrogens with zero attached hydrogens (tertiary/aromatic N) is 6. The Morgan fingerprint density at radius 3 is 2.80 bits per heavy atom. The van der Waals surface area contributed by atoms with E-state index in [0.29, 0.717) is 36.1 Å². The van der Waals surface area contributed by atoms with E-state index in [0.717, 1.165) is 49.5 Å². The Kier molecular flexibility index (Phi) is 8.25. The van der Waals surface area contributed by atoms with Crippen molar-refractivity contribution in [3.8, 4) is 0 Å². The van der Waals surface area contributed by atoms with Gasteiger partial charge in [-0.3, -0.25) is 4.90 Å². The molecule has 0 saturated carbocycles. The SMILES string of the molecule is CC(C)N(CCCCNc1nc2ccc(C(C)(C)C)cc2[nH]1)C[C@@H]1C[C@@H](O)C(n2cnc3c(N)ncnc32)CO1. The Hall–Kier alpha value is -3.28. The van der Waals surface area contributed by atoms with Crippen LogP contribution in [-0.2, 0) is 10.2 Å². The highest BCUT2D eigenvalue weighted by molar-refractivity contribution is 5.81. The van der Waals surface area contributed by atoms with Gasteiger partial charge in [-0.15, -0.1) is 0 Å². The lowest BCUT2D eigenvalue weighted by molar-refractivity contribution is -0.0879. The number of aromatic amines is 1. The topological polar surface area (TPSA) is 143 Å². The minimum absolute atomic E-state index is 0.0326. The first-order chi connectivity index (χ1) is 19.1. The predicted molar refractivity (Wildman–Crippen MR) is 158 cm³/mol. The molecule has 1 aromatic carbocycles. The number of fused-ring (bicyclic) bond motifs is 2. The van der Waals surface area contributed by atoms with Gasteiger partial charge in [0.05, 0.1) is 42.2 Å². The van der Waals surface area contributed by atoms with Crippen molar-refractivity contribution >= 4 is 34.0 Å². The third-order valence-corrected chi connectivity index (χ3v) is 7.88. The lowest BCUT2D eigenvalue weighted by Gasteiger charge is -2.37. The van der Waals surface area contributed by atoms with Gasteiger partial charge >= 0.3 is 0 Å². The molecule has 1 fully saturated rings. The first kappa shape index (κ1) is 28.3. The predicted octanol–water partition coefficient (Wildman–Crippen LogP) is 3.88. The van der Waals surface area contributed by atoms with Crippen LogP contribution in [0.1, 0.15) is 65.5 Å². The van der Waals surface area contributed by atoms with E-state index in [-0.39, 0.29) is 17.6 Å². The molecule has 0 spiro atoms. The molecule has 0 aliphatic carbocycles. The number of nitrogen functional groups attached to an aromatic ring is 1. The van der Waals surface area contributed by atoms with E-state index in [1.165, 1.54) is 11.9 Å². The molecular formula is C29H43N9O2. The van der Waals surface area contributed by atoms with Crippen molar-refractivity contribution in [2.75, 3.05) is 37.3 Å². The summed E-state index contributed by atoms with van der Waals surface area (Å²) in [6, 6.07) is 6.58. The summed E-state index contributed by atoms with van der Waals surface area (Å²) < 4.78 is 8.09. The molecule has 0 radical (unpaired) electrons. The first-order valence-electron chi connectivity index (χ1n) is 14.3. The second-order valence-corrected chi connectivity index (χ2v) is 12.2. The summed E-state index contributed by atoms with van der Waals surface area (Å²) in [4.78, 5) is 23.2. The molecule has 5 rings (SSSR count). The number of H-pyrrole nitrogens is 1. The zero-order valence-corrected chi connectivity index (χ0v) is 24.3. The molecule has 1 aliphatic heterocycles. The van der Waals surface area contributed by atoms with Crippen molar-refractivity contribution < 1.29 is 9.84 Å². The number of imidazole rings is 2. The number of nitrogens with two attached hydrogens (primary N) is 1. The first-order valence-corrected chi connectivity index (χ1v) is 14.3. The maximum Gasteiger partial charge on any atom is 0.201 e. The van der Waals surface area contributed by atoms with Crippen molar-refractivity contribution in [3.63, 3.8) is 0 Å². The van der Waals surface area contributed by atoms with Gasteiger partial charge in [-0.2, -0.15) is 0 Å². The molecule has 1 saturated heterocycles. The number of anilines is 2. The number of aliphatic hydroxyl groups is 1. The van der Waals surface area contributed by atoms with Gasteiger partial charge in [0, 0.05) is 25.6 Å². The molecular weight excluding hydrogens is 506 g/mol.